The van der Waals surface area contributed by atoms with E-state index in [4.69, 9.17) is 0 Å². The average Bonchev–Trinajstić information content (AvgIpc) is 2.60. The molecular weight excluding hydrogens is 238 g/mol. The fourth-order valence-corrected chi connectivity index (χ4v) is 2.50. The van der Waals surface area contributed by atoms with Gasteiger partial charge in [0.15, 0.2) is 15.6 Å². The van der Waals surface area contributed by atoms with Crippen LogP contribution >= 0.6 is 0 Å². The van der Waals surface area contributed by atoms with E-state index in [9.17, 15) is 13.2 Å². The first-order chi connectivity index (χ1) is 7.65. The second kappa shape index (κ2) is 4.64. The Morgan fingerprint density at radius 3 is 2.41 bits per heavy atom. The number of nitrogens with zero attached hydrogens (tertiary/aromatic N) is 1. The van der Waals surface area contributed by atoms with Gasteiger partial charge in [0.05, 0.1) is 16.2 Å². The number of rotatable bonds is 4. The zero-order valence-corrected chi connectivity index (χ0v) is 11.5. The molecule has 0 unspecified atom stereocenters. The molecule has 0 N–H and O–H groups in total. The molecule has 1 rings (SSSR count). The molecule has 0 aliphatic carbocycles. The van der Waals surface area contributed by atoms with E-state index in [0.29, 0.717) is 12.2 Å². The minimum Gasteiger partial charge on any atom is -0.344 e. The SMILES string of the molecule is CC(=O)c1cccn1CCS(=O)(=O)C(C)(C)C. The number of carbonyl (C=O) groups is 1. The molecule has 17 heavy (non-hydrogen) atoms. The topological polar surface area (TPSA) is 56.1 Å². The summed E-state index contributed by atoms with van der Waals surface area (Å²) in [6, 6.07) is 3.45. The molecule has 0 spiro atoms. The smallest absolute Gasteiger partial charge is 0.176 e. The van der Waals surface area contributed by atoms with E-state index in [1.165, 1.54) is 6.92 Å². The van der Waals surface area contributed by atoms with Crippen LogP contribution in [0.4, 0.5) is 0 Å². The van der Waals surface area contributed by atoms with Gasteiger partial charge in [-0.2, -0.15) is 0 Å². The maximum Gasteiger partial charge on any atom is 0.176 e. The second-order valence-corrected chi connectivity index (χ2v) is 7.94. The zero-order valence-electron chi connectivity index (χ0n) is 10.7. The van der Waals surface area contributed by atoms with Crippen LogP contribution < -0.4 is 0 Å². The summed E-state index contributed by atoms with van der Waals surface area (Å²) in [4.78, 5) is 11.3. The van der Waals surface area contributed by atoms with Crippen LogP contribution in [0.1, 0.15) is 38.2 Å². The van der Waals surface area contributed by atoms with Gasteiger partial charge in [-0.05, 0) is 32.9 Å². The lowest BCUT2D eigenvalue weighted by Gasteiger charge is -2.19. The van der Waals surface area contributed by atoms with Gasteiger partial charge < -0.3 is 4.57 Å². The molecule has 0 fully saturated rings. The molecule has 96 valence electrons. The summed E-state index contributed by atoms with van der Waals surface area (Å²) in [6.45, 7) is 6.85. The molecule has 0 bridgehead atoms. The van der Waals surface area contributed by atoms with Gasteiger partial charge in [0, 0.05) is 19.7 Å². The van der Waals surface area contributed by atoms with Crippen molar-refractivity contribution in [2.75, 3.05) is 5.75 Å². The zero-order chi connectivity index (χ0) is 13.3. The minimum absolute atomic E-state index is 0.0471. The quantitative estimate of drug-likeness (QED) is 0.774. The lowest BCUT2D eigenvalue weighted by molar-refractivity contribution is 0.100. The first-order valence-electron chi connectivity index (χ1n) is 5.53. The van der Waals surface area contributed by atoms with Crippen molar-refractivity contribution in [3.63, 3.8) is 0 Å². The van der Waals surface area contributed by atoms with Crippen LogP contribution in [0.3, 0.4) is 0 Å². The highest BCUT2D eigenvalue weighted by atomic mass is 32.2. The van der Waals surface area contributed by atoms with Gasteiger partial charge in [0.1, 0.15) is 0 Å². The molecule has 0 saturated heterocycles. The lowest BCUT2D eigenvalue weighted by Crippen LogP contribution is -2.32. The van der Waals surface area contributed by atoms with Gasteiger partial charge in [-0.15, -0.1) is 0 Å². The van der Waals surface area contributed by atoms with Gasteiger partial charge in [0.2, 0.25) is 0 Å². The Bertz CT molecular complexity index is 506. The molecule has 0 aliphatic heterocycles. The van der Waals surface area contributed by atoms with E-state index in [1.807, 2.05) is 0 Å². The van der Waals surface area contributed by atoms with Crippen LogP contribution in [-0.2, 0) is 16.4 Å². The van der Waals surface area contributed by atoms with E-state index in [1.54, 1.807) is 43.7 Å². The molecule has 0 saturated carbocycles. The monoisotopic (exact) mass is 257 g/mol. The van der Waals surface area contributed by atoms with Crippen molar-refractivity contribution >= 4 is 15.6 Å². The van der Waals surface area contributed by atoms with E-state index in [2.05, 4.69) is 0 Å². The predicted molar refractivity (Wildman–Crippen MR) is 68.0 cm³/mol. The van der Waals surface area contributed by atoms with Crippen molar-refractivity contribution in [3.8, 4) is 0 Å². The van der Waals surface area contributed by atoms with Crippen LogP contribution in [0.25, 0.3) is 0 Å². The summed E-state index contributed by atoms with van der Waals surface area (Å²) >= 11 is 0. The number of aromatic nitrogens is 1. The summed E-state index contributed by atoms with van der Waals surface area (Å²) in [5.41, 5.74) is 0.550. The largest absolute Gasteiger partial charge is 0.344 e. The van der Waals surface area contributed by atoms with Crippen molar-refractivity contribution in [2.24, 2.45) is 0 Å². The summed E-state index contributed by atoms with van der Waals surface area (Å²) in [5.74, 6) is -0.00555. The molecule has 5 heteroatoms. The number of ketones is 1. The third-order valence-corrected chi connectivity index (χ3v) is 5.31. The van der Waals surface area contributed by atoms with Crippen molar-refractivity contribution in [2.45, 2.75) is 39.0 Å². The fourth-order valence-electron chi connectivity index (χ4n) is 1.45. The molecule has 4 nitrogen and oxygen atoms in total. The Kier molecular flexibility index (Phi) is 3.81. The fraction of sp³-hybridized carbons (Fsp3) is 0.583. The van der Waals surface area contributed by atoms with Crippen molar-refractivity contribution in [3.05, 3.63) is 24.0 Å². The van der Waals surface area contributed by atoms with Crippen molar-refractivity contribution in [1.29, 1.82) is 0 Å². The highest BCUT2D eigenvalue weighted by Crippen LogP contribution is 2.16. The summed E-state index contributed by atoms with van der Waals surface area (Å²) < 4.78 is 24.8. The van der Waals surface area contributed by atoms with E-state index >= 15 is 0 Å². The second-order valence-electron chi connectivity index (χ2n) is 5.07. The Morgan fingerprint density at radius 1 is 1.35 bits per heavy atom. The van der Waals surface area contributed by atoms with E-state index < -0.39 is 14.6 Å². The molecule has 0 atom stereocenters. The number of aryl methyl sites for hydroxylation is 1. The Balaban J connectivity index is 2.82. The summed E-state index contributed by atoms with van der Waals surface area (Å²) in [6.07, 6.45) is 1.73. The molecule has 1 aromatic heterocycles. The lowest BCUT2D eigenvalue weighted by atomic mass is 10.3. The Hall–Kier alpha value is -1.10. The number of hydrogen-bond acceptors (Lipinski definition) is 3. The highest BCUT2D eigenvalue weighted by Gasteiger charge is 2.28. The third-order valence-electron chi connectivity index (χ3n) is 2.72. The number of Topliss-reactive ketones (excluding diaryl/α,β-unsaturated/α-hetero) is 1. The standard InChI is InChI=1S/C12H19NO3S/c1-10(14)11-6-5-7-13(11)8-9-17(15,16)12(2,3)4/h5-7H,8-9H2,1-4H3. The Morgan fingerprint density at radius 2 is 1.94 bits per heavy atom. The van der Waals surface area contributed by atoms with Crippen LogP contribution in [0.15, 0.2) is 18.3 Å². The minimum atomic E-state index is -3.15. The molecule has 0 radical (unpaired) electrons. The first kappa shape index (κ1) is 14.0. The molecule has 0 aliphatic rings. The summed E-state index contributed by atoms with van der Waals surface area (Å²) in [7, 11) is -3.15. The number of carbonyl (C=O) groups excluding carboxylic acids is 1. The number of hydrogen-bond donors (Lipinski definition) is 0. The average molecular weight is 257 g/mol. The molecular formula is C12H19NO3S. The Labute approximate surface area is 103 Å². The molecule has 1 aromatic rings. The maximum atomic E-state index is 11.9. The first-order valence-corrected chi connectivity index (χ1v) is 7.19. The van der Waals surface area contributed by atoms with Crippen LogP contribution in [0.5, 0.6) is 0 Å². The van der Waals surface area contributed by atoms with Gasteiger partial charge in [-0.25, -0.2) is 8.42 Å². The van der Waals surface area contributed by atoms with Gasteiger partial charge in [-0.1, -0.05) is 0 Å². The molecule has 0 amide bonds. The van der Waals surface area contributed by atoms with E-state index in [-0.39, 0.29) is 11.5 Å². The van der Waals surface area contributed by atoms with Crippen LogP contribution in [-0.4, -0.2) is 29.3 Å². The van der Waals surface area contributed by atoms with Crippen molar-refractivity contribution in [1.82, 2.24) is 4.57 Å². The molecule has 0 aromatic carbocycles. The van der Waals surface area contributed by atoms with Crippen molar-refractivity contribution < 1.29 is 13.2 Å². The van der Waals surface area contributed by atoms with Crippen LogP contribution in [0.2, 0.25) is 0 Å². The highest BCUT2D eigenvalue weighted by molar-refractivity contribution is 7.92. The van der Waals surface area contributed by atoms with Gasteiger partial charge >= 0.3 is 0 Å². The normalized spacial score (nSPS) is 12.7. The van der Waals surface area contributed by atoms with Gasteiger partial charge in [-0.3, -0.25) is 4.79 Å². The third kappa shape index (κ3) is 3.19. The van der Waals surface area contributed by atoms with Crippen LogP contribution in [0, 0.1) is 0 Å². The predicted octanol–water partition coefficient (Wildman–Crippen LogP) is 1.90. The summed E-state index contributed by atoms with van der Waals surface area (Å²) in [5, 5.41) is 0. The molecule has 1 heterocycles. The van der Waals surface area contributed by atoms with Gasteiger partial charge in [0.25, 0.3) is 0 Å². The number of sulfone groups is 1. The maximum absolute atomic E-state index is 11.9. The van der Waals surface area contributed by atoms with E-state index in [0.717, 1.165) is 0 Å².